The highest BCUT2D eigenvalue weighted by molar-refractivity contribution is 5.80. The molecule has 0 fully saturated rings. The molecule has 1 aromatic rings. The maximum Gasteiger partial charge on any atom is 0.328 e. The molecule has 1 rings (SSSR count). The van der Waals surface area contributed by atoms with Gasteiger partial charge in [-0.15, -0.1) is 0 Å². The SMILES string of the molecule is COc1ccc(C(C)=CC=CC(=O)O)cc1. The Hall–Kier alpha value is -2.03. The lowest BCUT2D eigenvalue weighted by molar-refractivity contribution is -0.131. The van der Waals surface area contributed by atoms with Gasteiger partial charge in [0.25, 0.3) is 0 Å². The van der Waals surface area contributed by atoms with Crippen molar-refractivity contribution in [3.05, 3.63) is 48.1 Å². The third-order valence-corrected chi connectivity index (χ3v) is 2.13. The fraction of sp³-hybridized carbons (Fsp3) is 0.154. The van der Waals surface area contributed by atoms with E-state index in [0.29, 0.717) is 0 Å². The molecule has 0 aromatic heterocycles. The van der Waals surface area contributed by atoms with Gasteiger partial charge in [0.1, 0.15) is 5.75 Å². The summed E-state index contributed by atoms with van der Waals surface area (Å²) in [6, 6.07) is 7.60. The highest BCUT2D eigenvalue weighted by Gasteiger charge is 1.95. The number of carbonyl (C=O) groups is 1. The molecule has 0 aliphatic carbocycles. The van der Waals surface area contributed by atoms with E-state index in [1.54, 1.807) is 13.2 Å². The molecule has 0 unspecified atom stereocenters. The van der Waals surface area contributed by atoms with Crippen LogP contribution in [-0.4, -0.2) is 18.2 Å². The summed E-state index contributed by atoms with van der Waals surface area (Å²) in [4.78, 5) is 10.3. The normalized spacial score (nSPS) is 11.8. The predicted molar refractivity (Wildman–Crippen MR) is 63.4 cm³/mol. The number of methoxy groups -OCH3 is 1. The van der Waals surface area contributed by atoms with E-state index in [1.165, 1.54) is 6.08 Å². The van der Waals surface area contributed by atoms with Crippen LogP contribution < -0.4 is 4.74 Å². The molecule has 0 saturated heterocycles. The van der Waals surface area contributed by atoms with Crippen LogP contribution in [0.3, 0.4) is 0 Å². The zero-order valence-electron chi connectivity index (χ0n) is 9.31. The van der Waals surface area contributed by atoms with Gasteiger partial charge in [-0.2, -0.15) is 0 Å². The Morgan fingerprint density at radius 1 is 1.31 bits per heavy atom. The highest BCUT2D eigenvalue weighted by Crippen LogP contribution is 2.17. The molecule has 0 aliphatic heterocycles. The zero-order valence-corrected chi connectivity index (χ0v) is 9.31. The van der Waals surface area contributed by atoms with Crippen LogP contribution in [0, 0.1) is 0 Å². The topological polar surface area (TPSA) is 46.5 Å². The maximum absolute atomic E-state index is 10.3. The van der Waals surface area contributed by atoms with Crippen LogP contribution in [0.2, 0.25) is 0 Å². The number of carboxylic acid groups (broad SMARTS) is 1. The number of hydrogen-bond acceptors (Lipinski definition) is 2. The first kappa shape index (κ1) is 12.0. The molecule has 0 heterocycles. The molecule has 16 heavy (non-hydrogen) atoms. The van der Waals surface area contributed by atoms with Crippen molar-refractivity contribution in [2.45, 2.75) is 6.92 Å². The van der Waals surface area contributed by atoms with Gasteiger partial charge in [-0.25, -0.2) is 4.79 Å². The summed E-state index contributed by atoms with van der Waals surface area (Å²) in [6.45, 7) is 1.92. The first-order valence-electron chi connectivity index (χ1n) is 4.86. The molecule has 0 radical (unpaired) electrons. The van der Waals surface area contributed by atoms with Gasteiger partial charge in [-0.3, -0.25) is 0 Å². The van der Waals surface area contributed by atoms with Crippen molar-refractivity contribution in [2.75, 3.05) is 7.11 Å². The maximum atomic E-state index is 10.3. The fourth-order valence-corrected chi connectivity index (χ4v) is 1.22. The van der Waals surface area contributed by atoms with Gasteiger partial charge in [0.2, 0.25) is 0 Å². The second-order valence-corrected chi connectivity index (χ2v) is 3.28. The molecule has 0 atom stereocenters. The third kappa shape index (κ3) is 3.61. The van der Waals surface area contributed by atoms with Crippen LogP contribution in [0.25, 0.3) is 5.57 Å². The Morgan fingerprint density at radius 2 is 1.94 bits per heavy atom. The summed E-state index contributed by atoms with van der Waals surface area (Å²) >= 11 is 0. The second-order valence-electron chi connectivity index (χ2n) is 3.28. The van der Waals surface area contributed by atoms with E-state index < -0.39 is 5.97 Å². The molecular weight excluding hydrogens is 204 g/mol. The second kappa shape index (κ2) is 5.75. The van der Waals surface area contributed by atoms with Crippen molar-refractivity contribution in [1.82, 2.24) is 0 Å². The van der Waals surface area contributed by atoms with Crippen molar-refractivity contribution < 1.29 is 14.6 Å². The monoisotopic (exact) mass is 218 g/mol. The quantitative estimate of drug-likeness (QED) is 0.624. The third-order valence-electron chi connectivity index (χ3n) is 2.13. The lowest BCUT2D eigenvalue weighted by Crippen LogP contribution is -1.85. The van der Waals surface area contributed by atoms with E-state index in [-0.39, 0.29) is 0 Å². The number of aliphatic carboxylic acids is 1. The van der Waals surface area contributed by atoms with Gasteiger partial charge in [0, 0.05) is 6.08 Å². The summed E-state index contributed by atoms with van der Waals surface area (Å²) in [7, 11) is 1.62. The smallest absolute Gasteiger partial charge is 0.328 e. The minimum atomic E-state index is -0.946. The first-order chi connectivity index (χ1) is 7.63. The molecular formula is C13H14O3. The van der Waals surface area contributed by atoms with Crippen molar-refractivity contribution in [1.29, 1.82) is 0 Å². The molecule has 0 amide bonds. The molecule has 1 N–H and O–H groups in total. The van der Waals surface area contributed by atoms with Crippen molar-refractivity contribution in [3.63, 3.8) is 0 Å². The molecule has 84 valence electrons. The molecule has 0 saturated carbocycles. The zero-order chi connectivity index (χ0) is 12.0. The lowest BCUT2D eigenvalue weighted by Gasteiger charge is -2.02. The van der Waals surface area contributed by atoms with Gasteiger partial charge in [-0.05, 0) is 30.2 Å². The number of ether oxygens (including phenoxy) is 1. The van der Waals surface area contributed by atoms with Crippen LogP contribution in [-0.2, 0) is 4.79 Å². The molecule has 1 aromatic carbocycles. The van der Waals surface area contributed by atoms with Crippen LogP contribution in [0.15, 0.2) is 42.5 Å². The Bertz CT molecular complexity index is 413. The molecule has 3 heteroatoms. The molecule has 0 spiro atoms. The number of benzene rings is 1. The number of rotatable bonds is 4. The van der Waals surface area contributed by atoms with E-state index in [1.807, 2.05) is 31.2 Å². The molecule has 0 aliphatic rings. The van der Waals surface area contributed by atoms with E-state index >= 15 is 0 Å². The molecule has 3 nitrogen and oxygen atoms in total. The minimum absolute atomic E-state index is 0.803. The summed E-state index contributed by atoms with van der Waals surface area (Å²) in [5.41, 5.74) is 2.04. The average molecular weight is 218 g/mol. The van der Waals surface area contributed by atoms with Gasteiger partial charge in [0.05, 0.1) is 7.11 Å². The van der Waals surface area contributed by atoms with Crippen LogP contribution in [0.4, 0.5) is 0 Å². The van der Waals surface area contributed by atoms with Gasteiger partial charge < -0.3 is 9.84 Å². The first-order valence-corrected chi connectivity index (χ1v) is 4.86. The summed E-state index contributed by atoms with van der Waals surface area (Å²) in [6.07, 6.45) is 4.38. The summed E-state index contributed by atoms with van der Waals surface area (Å²) in [5.74, 6) is -0.142. The van der Waals surface area contributed by atoms with Crippen LogP contribution >= 0.6 is 0 Å². The minimum Gasteiger partial charge on any atom is -0.497 e. The van der Waals surface area contributed by atoms with E-state index in [4.69, 9.17) is 9.84 Å². The predicted octanol–water partition coefficient (Wildman–Crippen LogP) is 2.74. The average Bonchev–Trinajstić information content (AvgIpc) is 2.28. The van der Waals surface area contributed by atoms with Crippen molar-refractivity contribution >= 4 is 11.5 Å². The van der Waals surface area contributed by atoms with Gasteiger partial charge >= 0.3 is 5.97 Å². The van der Waals surface area contributed by atoms with Gasteiger partial charge in [0.15, 0.2) is 0 Å². The van der Waals surface area contributed by atoms with E-state index in [0.717, 1.165) is 23.0 Å². The molecule has 0 bridgehead atoms. The van der Waals surface area contributed by atoms with Crippen LogP contribution in [0.5, 0.6) is 5.75 Å². The fourth-order valence-electron chi connectivity index (χ4n) is 1.22. The number of carboxylic acids is 1. The Morgan fingerprint density at radius 3 is 2.44 bits per heavy atom. The van der Waals surface area contributed by atoms with Crippen molar-refractivity contribution in [3.8, 4) is 5.75 Å². The Balaban J connectivity index is 2.79. The largest absolute Gasteiger partial charge is 0.497 e. The summed E-state index contributed by atoms with van der Waals surface area (Å²) in [5, 5.41) is 8.43. The van der Waals surface area contributed by atoms with E-state index in [2.05, 4.69) is 0 Å². The lowest BCUT2D eigenvalue weighted by atomic mass is 10.1. The number of hydrogen-bond donors (Lipinski definition) is 1. The standard InChI is InChI=1S/C13H14O3/c1-10(4-3-5-13(14)15)11-6-8-12(16-2)9-7-11/h3-9H,1-2H3,(H,14,15). The van der Waals surface area contributed by atoms with E-state index in [9.17, 15) is 4.79 Å². The number of allylic oxidation sites excluding steroid dienone is 3. The Kier molecular flexibility index (Phi) is 4.33. The van der Waals surface area contributed by atoms with Crippen molar-refractivity contribution in [2.24, 2.45) is 0 Å². The Labute approximate surface area is 94.7 Å². The van der Waals surface area contributed by atoms with Gasteiger partial charge in [-0.1, -0.05) is 24.3 Å². The summed E-state index contributed by atoms with van der Waals surface area (Å²) < 4.78 is 5.05. The highest BCUT2D eigenvalue weighted by atomic mass is 16.5. The van der Waals surface area contributed by atoms with Crippen LogP contribution in [0.1, 0.15) is 12.5 Å².